The van der Waals surface area contributed by atoms with E-state index < -0.39 is 0 Å². The Morgan fingerprint density at radius 1 is 1.14 bits per heavy atom. The zero-order valence-electron chi connectivity index (χ0n) is 8.59. The Morgan fingerprint density at radius 2 is 1.64 bits per heavy atom. The molecule has 0 bridgehead atoms. The maximum Gasteiger partial charge on any atom is 0.124 e. The molecule has 0 aliphatic heterocycles. The maximum absolute atomic E-state index is 9.72. The molecular formula is C11H18N2O. The van der Waals surface area contributed by atoms with E-state index in [1.165, 1.54) is 5.56 Å². The molecule has 1 aromatic rings. The van der Waals surface area contributed by atoms with E-state index >= 15 is 0 Å². The minimum atomic E-state index is 0.259. The fourth-order valence-corrected chi connectivity index (χ4v) is 1.58. The van der Waals surface area contributed by atoms with Crippen molar-refractivity contribution >= 4 is 0 Å². The second-order valence-corrected chi connectivity index (χ2v) is 3.42. The molecule has 0 amide bonds. The Bertz CT molecular complexity index is 285. The summed E-state index contributed by atoms with van der Waals surface area (Å²) in [4.78, 5) is 0. The number of aryl methyl sites for hydroxylation is 1. The summed E-state index contributed by atoms with van der Waals surface area (Å²) < 4.78 is 0. The molecule has 0 radical (unpaired) electrons. The first kappa shape index (κ1) is 11.0. The Morgan fingerprint density at radius 3 is 2.00 bits per heavy atom. The highest BCUT2D eigenvalue weighted by Crippen LogP contribution is 2.24. The van der Waals surface area contributed by atoms with Crippen LogP contribution in [0.2, 0.25) is 0 Å². The van der Waals surface area contributed by atoms with Gasteiger partial charge in [-0.15, -0.1) is 0 Å². The van der Waals surface area contributed by atoms with Crippen LogP contribution < -0.4 is 11.5 Å². The van der Waals surface area contributed by atoms with Gasteiger partial charge in [0.25, 0.3) is 0 Å². The average molecular weight is 194 g/mol. The van der Waals surface area contributed by atoms with Crippen molar-refractivity contribution in [2.45, 2.75) is 32.9 Å². The summed E-state index contributed by atoms with van der Waals surface area (Å²) >= 11 is 0. The molecule has 0 aliphatic rings. The number of phenolic OH excluding ortho intramolecular Hbond substituents is 1. The lowest BCUT2D eigenvalue weighted by Crippen LogP contribution is -2.04. The second-order valence-electron chi connectivity index (χ2n) is 3.42. The zero-order valence-corrected chi connectivity index (χ0v) is 8.59. The fourth-order valence-electron chi connectivity index (χ4n) is 1.58. The van der Waals surface area contributed by atoms with Crippen molar-refractivity contribution in [1.82, 2.24) is 0 Å². The molecule has 14 heavy (non-hydrogen) atoms. The molecule has 0 heterocycles. The minimum absolute atomic E-state index is 0.259. The first-order valence-electron chi connectivity index (χ1n) is 4.96. The average Bonchev–Trinajstić information content (AvgIpc) is 2.20. The third kappa shape index (κ3) is 2.25. The Labute approximate surface area is 84.7 Å². The predicted octanol–water partition coefficient (Wildman–Crippen LogP) is 1.26. The van der Waals surface area contributed by atoms with Crippen molar-refractivity contribution in [2.75, 3.05) is 0 Å². The molecule has 0 unspecified atom stereocenters. The number of benzene rings is 1. The van der Waals surface area contributed by atoms with Gasteiger partial charge in [0.05, 0.1) is 0 Å². The van der Waals surface area contributed by atoms with Gasteiger partial charge in [0.1, 0.15) is 5.75 Å². The normalized spacial score (nSPS) is 10.5. The van der Waals surface area contributed by atoms with E-state index in [4.69, 9.17) is 11.5 Å². The minimum Gasteiger partial charge on any atom is -0.507 e. The van der Waals surface area contributed by atoms with Crippen LogP contribution in [0, 0.1) is 0 Å². The quantitative estimate of drug-likeness (QED) is 0.675. The number of aromatic hydroxyl groups is 1. The number of phenols is 1. The Hall–Kier alpha value is -1.06. The summed E-state index contributed by atoms with van der Waals surface area (Å²) in [6.45, 7) is 2.84. The summed E-state index contributed by atoms with van der Waals surface area (Å²) in [7, 11) is 0. The first-order valence-corrected chi connectivity index (χ1v) is 4.96. The van der Waals surface area contributed by atoms with Crippen LogP contribution in [-0.2, 0) is 19.5 Å². The van der Waals surface area contributed by atoms with Crippen LogP contribution in [0.1, 0.15) is 30.0 Å². The highest BCUT2D eigenvalue weighted by Gasteiger charge is 2.07. The van der Waals surface area contributed by atoms with Gasteiger partial charge in [-0.3, -0.25) is 0 Å². The standard InChI is InChI=1S/C11H18N2O/c1-2-3-8-4-9(6-12)11(14)10(5-8)7-13/h4-5,14H,2-3,6-7,12-13H2,1H3. The van der Waals surface area contributed by atoms with Crippen molar-refractivity contribution in [1.29, 1.82) is 0 Å². The van der Waals surface area contributed by atoms with E-state index in [1.807, 2.05) is 12.1 Å². The molecule has 5 N–H and O–H groups in total. The maximum atomic E-state index is 9.72. The summed E-state index contributed by atoms with van der Waals surface area (Å²) in [5.41, 5.74) is 13.9. The van der Waals surface area contributed by atoms with Crippen molar-refractivity contribution in [2.24, 2.45) is 11.5 Å². The highest BCUT2D eigenvalue weighted by molar-refractivity contribution is 5.43. The molecule has 0 aliphatic carbocycles. The van der Waals surface area contributed by atoms with E-state index in [-0.39, 0.29) is 5.75 Å². The lowest BCUT2D eigenvalue weighted by Gasteiger charge is -2.10. The molecule has 3 nitrogen and oxygen atoms in total. The number of hydrogen-bond acceptors (Lipinski definition) is 3. The van der Waals surface area contributed by atoms with Crippen LogP contribution >= 0.6 is 0 Å². The van der Waals surface area contributed by atoms with E-state index in [2.05, 4.69) is 6.92 Å². The molecular weight excluding hydrogens is 176 g/mol. The van der Waals surface area contributed by atoms with Crippen LogP contribution in [-0.4, -0.2) is 5.11 Å². The third-order valence-corrected chi connectivity index (χ3v) is 2.31. The van der Waals surface area contributed by atoms with Gasteiger partial charge in [0.2, 0.25) is 0 Å². The van der Waals surface area contributed by atoms with Gasteiger partial charge in [-0.2, -0.15) is 0 Å². The second kappa shape index (κ2) is 4.98. The Balaban J connectivity index is 3.11. The van der Waals surface area contributed by atoms with Gasteiger partial charge >= 0.3 is 0 Å². The monoisotopic (exact) mass is 194 g/mol. The van der Waals surface area contributed by atoms with Gasteiger partial charge in [-0.25, -0.2) is 0 Å². The van der Waals surface area contributed by atoms with Gasteiger partial charge in [-0.05, 0) is 12.0 Å². The Kier molecular flexibility index (Phi) is 3.92. The topological polar surface area (TPSA) is 72.3 Å². The van der Waals surface area contributed by atoms with Crippen LogP contribution in [0.4, 0.5) is 0 Å². The number of rotatable bonds is 4. The van der Waals surface area contributed by atoms with Crippen LogP contribution in [0.25, 0.3) is 0 Å². The van der Waals surface area contributed by atoms with Crippen molar-refractivity contribution < 1.29 is 5.11 Å². The van der Waals surface area contributed by atoms with E-state index in [0.717, 1.165) is 24.0 Å². The number of hydrogen-bond donors (Lipinski definition) is 3. The summed E-state index contributed by atoms with van der Waals surface area (Å²) in [5, 5.41) is 9.72. The molecule has 0 saturated heterocycles. The SMILES string of the molecule is CCCc1cc(CN)c(O)c(CN)c1. The molecule has 1 rings (SSSR count). The predicted molar refractivity (Wildman–Crippen MR) is 57.9 cm³/mol. The summed E-state index contributed by atoms with van der Waals surface area (Å²) in [5.74, 6) is 0.259. The van der Waals surface area contributed by atoms with Gasteiger partial charge in [-0.1, -0.05) is 25.5 Å². The highest BCUT2D eigenvalue weighted by atomic mass is 16.3. The van der Waals surface area contributed by atoms with Crippen molar-refractivity contribution in [3.05, 3.63) is 28.8 Å². The van der Waals surface area contributed by atoms with Crippen LogP contribution in [0.5, 0.6) is 5.75 Å². The molecule has 3 heteroatoms. The van der Waals surface area contributed by atoms with Crippen LogP contribution in [0.3, 0.4) is 0 Å². The number of nitrogens with two attached hydrogens (primary N) is 2. The molecule has 0 saturated carbocycles. The van der Waals surface area contributed by atoms with Gasteiger partial charge < -0.3 is 16.6 Å². The van der Waals surface area contributed by atoms with Crippen molar-refractivity contribution in [3.8, 4) is 5.75 Å². The lowest BCUT2D eigenvalue weighted by atomic mass is 10.0. The fraction of sp³-hybridized carbons (Fsp3) is 0.455. The van der Waals surface area contributed by atoms with Crippen molar-refractivity contribution in [3.63, 3.8) is 0 Å². The summed E-state index contributed by atoms with van der Waals surface area (Å²) in [6.07, 6.45) is 2.08. The van der Waals surface area contributed by atoms with E-state index in [0.29, 0.717) is 13.1 Å². The van der Waals surface area contributed by atoms with Crippen LogP contribution in [0.15, 0.2) is 12.1 Å². The molecule has 0 aromatic heterocycles. The van der Waals surface area contributed by atoms with E-state index in [1.54, 1.807) is 0 Å². The largest absolute Gasteiger partial charge is 0.507 e. The third-order valence-electron chi connectivity index (χ3n) is 2.31. The van der Waals surface area contributed by atoms with Gasteiger partial charge in [0, 0.05) is 24.2 Å². The first-order chi connectivity index (χ1) is 6.72. The van der Waals surface area contributed by atoms with E-state index in [9.17, 15) is 5.11 Å². The molecule has 0 spiro atoms. The summed E-state index contributed by atoms with van der Waals surface area (Å²) in [6, 6.07) is 3.91. The molecule has 1 aromatic carbocycles. The molecule has 0 fully saturated rings. The zero-order chi connectivity index (χ0) is 10.6. The molecule has 0 atom stereocenters. The smallest absolute Gasteiger partial charge is 0.124 e. The lowest BCUT2D eigenvalue weighted by molar-refractivity contribution is 0.461. The van der Waals surface area contributed by atoms with Gasteiger partial charge in [0.15, 0.2) is 0 Å². The molecule has 78 valence electrons.